The van der Waals surface area contributed by atoms with E-state index in [1.165, 1.54) is 0 Å². The summed E-state index contributed by atoms with van der Waals surface area (Å²) in [7, 11) is 0. The molecule has 6 saturated heterocycles. The van der Waals surface area contributed by atoms with Crippen LogP contribution in [0.3, 0.4) is 0 Å². The standard InChI is InChI=1S/C46H82N8O12/c1-41(2)55-19-31(20-56-41)37(32-21-57-42(3,4)58-22-32)13-14-47-38-50-39(48-15-17-53(33-23-59-43(5,6)60-24-33)34-25-61-44(7,8)62-26-34)52-40(51-38)49-16-18-54(35-27-63-45(9,10)64-28-35)36-29-65-46(11,12)66-30-36/h31-37H,13-30H2,1-12H3,(H3,47,48,49,50,51,52). The minimum Gasteiger partial charge on any atom is -0.354 e. The average molecular weight is 939 g/mol. The fraction of sp³-hybridized carbons (Fsp3) is 0.935. The van der Waals surface area contributed by atoms with Gasteiger partial charge in [0.15, 0.2) is 34.7 Å². The van der Waals surface area contributed by atoms with Gasteiger partial charge in [0.05, 0.1) is 103 Å². The third kappa shape index (κ3) is 14.9. The Hall–Kier alpha value is -2.15. The van der Waals surface area contributed by atoms with Crippen molar-refractivity contribution in [3.05, 3.63) is 0 Å². The molecule has 0 atom stereocenters. The molecule has 0 unspecified atom stereocenters. The first-order valence-electron chi connectivity index (χ1n) is 24.2. The highest BCUT2D eigenvalue weighted by Crippen LogP contribution is 2.36. The molecule has 0 saturated carbocycles. The maximum Gasteiger partial charge on any atom is 0.229 e. The fourth-order valence-electron chi connectivity index (χ4n) is 9.15. The van der Waals surface area contributed by atoms with E-state index < -0.39 is 34.7 Å². The average Bonchev–Trinajstić information content (AvgIpc) is 3.24. The number of aromatic nitrogens is 3. The van der Waals surface area contributed by atoms with E-state index in [2.05, 4.69) is 25.8 Å². The van der Waals surface area contributed by atoms with Gasteiger partial charge in [-0.25, -0.2) is 0 Å². The molecular formula is C46H82N8O12. The van der Waals surface area contributed by atoms with E-state index in [0.29, 0.717) is 130 Å². The lowest BCUT2D eigenvalue weighted by Gasteiger charge is -2.46. The molecule has 0 spiro atoms. The van der Waals surface area contributed by atoms with Crippen LogP contribution in [0.4, 0.5) is 17.8 Å². The van der Waals surface area contributed by atoms with Gasteiger partial charge in [-0.2, -0.15) is 15.0 Å². The van der Waals surface area contributed by atoms with Crippen LogP contribution < -0.4 is 16.0 Å². The lowest BCUT2D eigenvalue weighted by molar-refractivity contribution is -0.289. The van der Waals surface area contributed by atoms with Gasteiger partial charge in [0.2, 0.25) is 17.8 Å². The minimum atomic E-state index is -0.635. The number of anilines is 3. The van der Waals surface area contributed by atoms with Crippen molar-refractivity contribution in [2.24, 2.45) is 17.8 Å². The number of nitrogens with one attached hydrogen (secondary N) is 3. The Labute approximate surface area is 392 Å². The largest absolute Gasteiger partial charge is 0.354 e. The van der Waals surface area contributed by atoms with Gasteiger partial charge in [0, 0.05) is 44.6 Å². The first-order chi connectivity index (χ1) is 31.0. The van der Waals surface area contributed by atoms with Gasteiger partial charge in [0.1, 0.15) is 0 Å². The second kappa shape index (κ2) is 21.5. The van der Waals surface area contributed by atoms with E-state index in [1.54, 1.807) is 0 Å². The fourth-order valence-corrected chi connectivity index (χ4v) is 9.15. The summed E-state index contributed by atoms with van der Waals surface area (Å²) in [6.45, 7) is 32.9. The number of ether oxygens (including phenoxy) is 12. The van der Waals surface area contributed by atoms with Crippen LogP contribution in [0.25, 0.3) is 0 Å². The molecule has 0 aliphatic carbocycles. The molecule has 0 amide bonds. The molecular weight excluding hydrogens is 857 g/mol. The zero-order chi connectivity index (χ0) is 47.4. The second-order valence-electron chi connectivity index (χ2n) is 21.3. The molecule has 0 radical (unpaired) electrons. The molecule has 3 N–H and O–H groups in total. The first kappa shape index (κ1) is 51.7. The Balaban J connectivity index is 1.05. The molecule has 6 aliphatic rings. The molecule has 6 fully saturated rings. The van der Waals surface area contributed by atoms with Crippen molar-refractivity contribution in [3.63, 3.8) is 0 Å². The van der Waals surface area contributed by atoms with Crippen LogP contribution in [0.15, 0.2) is 0 Å². The highest BCUT2D eigenvalue weighted by atomic mass is 16.7. The number of hydrogen-bond acceptors (Lipinski definition) is 20. The monoisotopic (exact) mass is 939 g/mol. The Bertz CT molecular complexity index is 1360. The van der Waals surface area contributed by atoms with E-state index in [1.807, 2.05) is 83.1 Å². The van der Waals surface area contributed by atoms with E-state index >= 15 is 0 Å². The zero-order valence-corrected chi connectivity index (χ0v) is 41.9. The summed E-state index contributed by atoms with van der Waals surface area (Å²) in [5.74, 6) is -1.87. The van der Waals surface area contributed by atoms with E-state index in [0.717, 1.165) is 6.42 Å². The van der Waals surface area contributed by atoms with Crippen molar-refractivity contribution < 1.29 is 56.8 Å². The second-order valence-corrected chi connectivity index (χ2v) is 21.3. The quantitative estimate of drug-likeness (QED) is 0.190. The lowest BCUT2D eigenvalue weighted by Crippen LogP contribution is -2.59. The Kier molecular flexibility index (Phi) is 16.8. The van der Waals surface area contributed by atoms with Crippen LogP contribution in [0.1, 0.15) is 89.5 Å². The summed E-state index contributed by atoms with van der Waals surface area (Å²) in [5, 5.41) is 10.6. The molecule has 1 aromatic rings. The van der Waals surface area contributed by atoms with Gasteiger partial charge >= 0.3 is 0 Å². The van der Waals surface area contributed by atoms with Crippen molar-refractivity contribution in [1.82, 2.24) is 24.8 Å². The van der Waals surface area contributed by atoms with Crippen LogP contribution >= 0.6 is 0 Å². The maximum atomic E-state index is 6.15. The first-order valence-corrected chi connectivity index (χ1v) is 24.2. The highest BCUT2D eigenvalue weighted by Gasteiger charge is 2.42. The van der Waals surface area contributed by atoms with Crippen molar-refractivity contribution >= 4 is 17.8 Å². The molecule has 20 heteroatoms. The molecule has 7 heterocycles. The molecule has 6 aliphatic heterocycles. The van der Waals surface area contributed by atoms with Crippen LogP contribution in [-0.4, -0.2) is 196 Å². The van der Waals surface area contributed by atoms with Gasteiger partial charge in [-0.3, -0.25) is 9.80 Å². The molecule has 378 valence electrons. The summed E-state index contributed by atoms with van der Waals surface area (Å²) in [6, 6.07) is 0.0411. The smallest absolute Gasteiger partial charge is 0.229 e. The van der Waals surface area contributed by atoms with E-state index in [4.69, 9.17) is 71.8 Å². The normalized spacial score (nSPS) is 26.8. The SMILES string of the molecule is CC1(C)OCC(C(CCNc2nc(NCCN(C3COC(C)(C)OC3)C3COC(C)(C)OC3)nc(NCCN(C3COC(C)(C)OC3)C3COC(C)(C)OC3)n2)C2COC(C)(C)OC2)CO1. The minimum absolute atomic E-state index is 0.0103. The zero-order valence-electron chi connectivity index (χ0n) is 41.9. The van der Waals surface area contributed by atoms with Crippen LogP contribution in [-0.2, 0) is 56.8 Å². The summed E-state index contributed by atoms with van der Waals surface area (Å²) in [4.78, 5) is 19.4. The van der Waals surface area contributed by atoms with Gasteiger partial charge in [0.25, 0.3) is 0 Å². The third-order valence-corrected chi connectivity index (χ3v) is 13.4. The van der Waals surface area contributed by atoms with Crippen LogP contribution in [0, 0.1) is 17.8 Å². The summed E-state index contributed by atoms with van der Waals surface area (Å²) in [6.07, 6.45) is 0.798. The predicted octanol–water partition coefficient (Wildman–Crippen LogP) is 4.12. The van der Waals surface area contributed by atoms with Crippen molar-refractivity contribution in [1.29, 1.82) is 0 Å². The van der Waals surface area contributed by atoms with Crippen LogP contribution in [0.2, 0.25) is 0 Å². The number of hydrogen-bond donors (Lipinski definition) is 3. The lowest BCUT2D eigenvalue weighted by atomic mass is 9.79. The topological polar surface area (TPSA) is 192 Å². The number of rotatable bonds is 18. The van der Waals surface area contributed by atoms with Gasteiger partial charge in [-0.15, -0.1) is 0 Å². The van der Waals surface area contributed by atoms with Gasteiger partial charge in [-0.05, 0) is 95.4 Å². The summed E-state index contributed by atoms with van der Waals surface area (Å²) < 4.78 is 73.5. The Morgan fingerprint density at radius 2 is 0.606 bits per heavy atom. The molecule has 0 aromatic carbocycles. The van der Waals surface area contributed by atoms with Crippen molar-refractivity contribution in [3.8, 4) is 0 Å². The van der Waals surface area contributed by atoms with Crippen molar-refractivity contribution in [2.45, 2.75) is 148 Å². The molecule has 7 rings (SSSR count). The van der Waals surface area contributed by atoms with Gasteiger partial charge in [-0.1, -0.05) is 0 Å². The molecule has 1 aromatic heterocycles. The molecule has 66 heavy (non-hydrogen) atoms. The highest BCUT2D eigenvalue weighted by molar-refractivity contribution is 5.42. The Morgan fingerprint density at radius 1 is 0.379 bits per heavy atom. The van der Waals surface area contributed by atoms with E-state index in [9.17, 15) is 0 Å². The van der Waals surface area contributed by atoms with E-state index in [-0.39, 0.29) is 41.9 Å². The molecule has 0 bridgehead atoms. The predicted molar refractivity (Wildman–Crippen MR) is 245 cm³/mol. The summed E-state index contributed by atoms with van der Waals surface area (Å²) >= 11 is 0. The number of nitrogens with zero attached hydrogens (tertiary/aromatic N) is 5. The van der Waals surface area contributed by atoms with Gasteiger partial charge < -0.3 is 72.8 Å². The summed E-state index contributed by atoms with van der Waals surface area (Å²) in [5.41, 5.74) is 0. The molecule has 20 nitrogen and oxygen atoms in total. The third-order valence-electron chi connectivity index (χ3n) is 13.4. The Morgan fingerprint density at radius 3 is 0.864 bits per heavy atom. The maximum absolute atomic E-state index is 6.15. The van der Waals surface area contributed by atoms with Crippen LogP contribution in [0.5, 0.6) is 0 Å². The van der Waals surface area contributed by atoms with Crippen molar-refractivity contribution in [2.75, 3.05) is 128 Å².